The SMILES string of the molecule is N=c1c2c3c(sc2ncn1NC1CCCCC1)CCC3. The topological polar surface area (TPSA) is 53.7 Å². The van der Waals surface area contributed by atoms with Crippen LogP contribution in [0, 0.1) is 5.41 Å². The van der Waals surface area contributed by atoms with Gasteiger partial charge in [-0.3, -0.25) is 5.41 Å². The van der Waals surface area contributed by atoms with Gasteiger partial charge in [-0.2, -0.15) is 0 Å². The molecule has 0 radical (unpaired) electrons. The van der Waals surface area contributed by atoms with Crippen molar-refractivity contribution in [1.82, 2.24) is 9.66 Å². The van der Waals surface area contributed by atoms with Crippen molar-refractivity contribution in [1.29, 1.82) is 5.41 Å². The van der Waals surface area contributed by atoms with E-state index in [1.54, 1.807) is 17.7 Å². The predicted molar refractivity (Wildman–Crippen MR) is 81.7 cm³/mol. The van der Waals surface area contributed by atoms with Gasteiger partial charge in [-0.1, -0.05) is 19.3 Å². The van der Waals surface area contributed by atoms with Crippen molar-refractivity contribution in [3.63, 3.8) is 0 Å². The molecule has 20 heavy (non-hydrogen) atoms. The monoisotopic (exact) mass is 288 g/mol. The summed E-state index contributed by atoms with van der Waals surface area (Å²) in [6.07, 6.45) is 11.7. The molecule has 2 aromatic heterocycles. The van der Waals surface area contributed by atoms with E-state index in [4.69, 9.17) is 5.41 Å². The first-order valence-corrected chi connectivity index (χ1v) is 8.47. The quantitative estimate of drug-likeness (QED) is 0.892. The van der Waals surface area contributed by atoms with Gasteiger partial charge in [0.15, 0.2) is 5.49 Å². The van der Waals surface area contributed by atoms with Crippen molar-refractivity contribution in [3.8, 4) is 0 Å². The van der Waals surface area contributed by atoms with E-state index in [1.165, 1.54) is 55.4 Å². The number of thiophene rings is 1. The zero-order valence-corrected chi connectivity index (χ0v) is 12.4. The first-order valence-electron chi connectivity index (χ1n) is 7.66. The summed E-state index contributed by atoms with van der Waals surface area (Å²) in [5.74, 6) is 0. The second-order valence-corrected chi connectivity index (χ2v) is 7.05. The minimum atomic E-state index is 0.504. The van der Waals surface area contributed by atoms with Crippen LogP contribution in [0.25, 0.3) is 10.2 Å². The van der Waals surface area contributed by atoms with E-state index in [0.717, 1.165) is 16.6 Å². The Labute approximate surface area is 122 Å². The lowest BCUT2D eigenvalue weighted by molar-refractivity contribution is 0.434. The third-order valence-corrected chi connectivity index (χ3v) is 5.80. The molecule has 0 unspecified atom stereocenters. The van der Waals surface area contributed by atoms with E-state index in [2.05, 4.69) is 10.4 Å². The fraction of sp³-hybridized carbons (Fsp3) is 0.600. The van der Waals surface area contributed by atoms with Gasteiger partial charge in [-0.05, 0) is 37.7 Å². The molecule has 2 aliphatic rings. The molecule has 106 valence electrons. The highest BCUT2D eigenvalue weighted by molar-refractivity contribution is 7.18. The van der Waals surface area contributed by atoms with Crippen molar-refractivity contribution in [2.75, 3.05) is 5.43 Å². The highest BCUT2D eigenvalue weighted by Gasteiger charge is 2.21. The Morgan fingerprint density at radius 1 is 1.20 bits per heavy atom. The molecule has 2 aliphatic carbocycles. The van der Waals surface area contributed by atoms with Crippen LogP contribution in [0.5, 0.6) is 0 Å². The first-order chi connectivity index (χ1) is 9.83. The first kappa shape index (κ1) is 12.4. The number of aromatic nitrogens is 2. The summed E-state index contributed by atoms with van der Waals surface area (Å²) < 4.78 is 1.85. The molecule has 2 N–H and O–H groups in total. The molecule has 0 bridgehead atoms. The largest absolute Gasteiger partial charge is 0.320 e. The van der Waals surface area contributed by atoms with E-state index in [-0.39, 0.29) is 0 Å². The molecule has 0 saturated heterocycles. The molecule has 0 amide bonds. The molecule has 4 rings (SSSR count). The molecule has 5 heteroatoms. The zero-order valence-electron chi connectivity index (χ0n) is 11.6. The van der Waals surface area contributed by atoms with Gasteiger partial charge in [-0.15, -0.1) is 11.3 Å². The van der Waals surface area contributed by atoms with Crippen LogP contribution in [0.3, 0.4) is 0 Å². The lowest BCUT2D eigenvalue weighted by Crippen LogP contribution is -2.37. The maximum Gasteiger partial charge on any atom is 0.155 e. The molecule has 0 atom stereocenters. The Hall–Kier alpha value is -1.36. The maximum atomic E-state index is 8.51. The van der Waals surface area contributed by atoms with Crippen molar-refractivity contribution >= 4 is 21.6 Å². The zero-order chi connectivity index (χ0) is 13.5. The Morgan fingerprint density at radius 3 is 2.90 bits per heavy atom. The van der Waals surface area contributed by atoms with Gasteiger partial charge >= 0.3 is 0 Å². The van der Waals surface area contributed by atoms with Crippen LogP contribution in [0.1, 0.15) is 49.0 Å². The molecular weight excluding hydrogens is 268 g/mol. The molecule has 0 aromatic carbocycles. The minimum Gasteiger partial charge on any atom is -0.320 e. The van der Waals surface area contributed by atoms with Gasteiger partial charge in [-0.25, -0.2) is 9.66 Å². The Kier molecular flexibility index (Phi) is 3.02. The molecule has 2 heterocycles. The summed E-state index contributed by atoms with van der Waals surface area (Å²) >= 11 is 1.78. The van der Waals surface area contributed by atoms with E-state index < -0.39 is 0 Å². The van der Waals surface area contributed by atoms with Crippen LogP contribution in [-0.2, 0) is 12.8 Å². The summed E-state index contributed by atoms with van der Waals surface area (Å²) in [5.41, 5.74) is 5.48. The number of hydrogen-bond donors (Lipinski definition) is 2. The normalized spacial score (nSPS) is 19.4. The van der Waals surface area contributed by atoms with Crippen LogP contribution in [0.2, 0.25) is 0 Å². The number of hydrogen-bond acceptors (Lipinski definition) is 4. The molecule has 0 aliphatic heterocycles. The van der Waals surface area contributed by atoms with Gasteiger partial charge in [0.05, 0.1) is 5.39 Å². The van der Waals surface area contributed by atoms with Gasteiger partial charge < -0.3 is 5.43 Å². The fourth-order valence-electron chi connectivity index (χ4n) is 3.54. The van der Waals surface area contributed by atoms with Gasteiger partial charge in [0, 0.05) is 10.9 Å². The third-order valence-electron chi connectivity index (χ3n) is 4.60. The van der Waals surface area contributed by atoms with Crippen LogP contribution in [0.4, 0.5) is 0 Å². The molecule has 2 aromatic rings. The number of rotatable bonds is 2. The van der Waals surface area contributed by atoms with Crippen molar-refractivity contribution < 1.29 is 0 Å². The number of fused-ring (bicyclic) bond motifs is 3. The Balaban J connectivity index is 1.73. The minimum absolute atomic E-state index is 0.504. The lowest BCUT2D eigenvalue weighted by Gasteiger charge is -2.24. The maximum absolute atomic E-state index is 8.51. The number of aryl methyl sites for hydroxylation is 2. The van der Waals surface area contributed by atoms with Crippen LogP contribution in [-0.4, -0.2) is 15.7 Å². The summed E-state index contributed by atoms with van der Waals surface area (Å²) in [6.45, 7) is 0. The molecular formula is C15H20N4S. The fourth-order valence-corrected chi connectivity index (χ4v) is 4.77. The third kappa shape index (κ3) is 1.95. The summed E-state index contributed by atoms with van der Waals surface area (Å²) in [4.78, 5) is 7.07. The summed E-state index contributed by atoms with van der Waals surface area (Å²) in [5, 5.41) is 9.60. The van der Waals surface area contributed by atoms with Crippen LogP contribution < -0.4 is 10.9 Å². The van der Waals surface area contributed by atoms with Gasteiger partial charge in [0.2, 0.25) is 0 Å². The standard InChI is InChI=1S/C15H20N4S/c16-14-13-11-7-4-8-12(11)20-15(13)17-9-19(14)18-10-5-2-1-3-6-10/h9-10,16,18H,1-8H2. The van der Waals surface area contributed by atoms with Crippen LogP contribution >= 0.6 is 11.3 Å². The summed E-state index contributed by atoms with van der Waals surface area (Å²) in [6, 6.07) is 0.504. The second kappa shape index (κ2) is 4.88. The predicted octanol–water partition coefficient (Wildman–Crippen LogP) is 2.94. The average molecular weight is 288 g/mol. The van der Waals surface area contributed by atoms with Crippen LogP contribution in [0.15, 0.2) is 6.33 Å². The van der Waals surface area contributed by atoms with Crippen molar-refractivity contribution in [3.05, 3.63) is 22.3 Å². The smallest absolute Gasteiger partial charge is 0.155 e. The highest BCUT2D eigenvalue weighted by Crippen LogP contribution is 2.34. The van der Waals surface area contributed by atoms with E-state index in [1.807, 2.05) is 4.68 Å². The molecule has 4 nitrogen and oxygen atoms in total. The van der Waals surface area contributed by atoms with E-state index in [0.29, 0.717) is 11.5 Å². The van der Waals surface area contributed by atoms with E-state index in [9.17, 15) is 0 Å². The van der Waals surface area contributed by atoms with Gasteiger partial charge in [0.1, 0.15) is 11.2 Å². The van der Waals surface area contributed by atoms with Gasteiger partial charge in [0.25, 0.3) is 0 Å². The van der Waals surface area contributed by atoms with Crippen molar-refractivity contribution in [2.24, 2.45) is 0 Å². The number of nitrogens with zero attached hydrogens (tertiary/aromatic N) is 2. The average Bonchev–Trinajstić information content (AvgIpc) is 3.03. The number of nitrogens with one attached hydrogen (secondary N) is 2. The second-order valence-electron chi connectivity index (χ2n) is 5.96. The summed E-state index contributed by atoms with van der Waals surface area (Å²) in [7, 11) is 0. The van der Waals surface area contributed by atoms with Crippen molar-refractivity contribution in [2.45, 2.75) is 57.4 Å². The lowest BCUT2D eigenvalue weighted by atomic mass is 9.96. The molecule has 0 spiro atoms. The highest BCUT2D eigenvalue weighted by atomic mass is 32.1. The Bertz CT molecular complexity index is 694. The van der Waals surface area contributed by atoms with E-state index >= 15 is 0 Å². The molecule has 1 saturated carbocycles. The Morgan fingerprint density at radius 2 is 2.05 bits per heavy atom. The molecule has 1 fully saturated rings.